The fraction of sp³-hybridized carbons (Fsp3) is 0.714. The van der Waals surface area contributed by atoms with Gasteiger partial charge in [-0.25, -0.2) is 4.98 Å². The number of carbonyl (C=O) groups excluding carboxylic acids is 1. The third kappa shape index (κ3) is 4.26. The zero-order valence-corrected chi connectivity index (χ0v) is 12.9. The summed E-state index contributed by atoms with van der Waals surface area (Å²) in [6.45, 7) is 5.27. The fourth-order valence-electron chi connectivity index (χ4n) is 2.61. The number of amides is 1. The summed E-state index contributed by atoms with van der Waals surface area (Å²) >= 11 is 1.72. The first-order chi connectivity index (χ1) is 9.70. The molecule has 0 radical (unpaired) electrons. The summed E-state index contributed by atoms with van der Waals surface area (Å²) < 4.78 is 0. The van der Waals surface area contributed by atoms with Crippen LogP contribution in [0.25, 0.3) is 0 Å². The number of piperidine rings is 1. The number of aryl methyl sites for hydroxylation is 1. The van der Waals surface area contributed by atoms with Gasteiger partial charge in [-0.1, -0.05) is 6.42 Å². The zero-order chi connectivity index (χ0) is 14.4. The normalized spacial score (nSPS) is 20.0. The van der Waals surface area contributed by atoms with Crippen LogP contribution in [0.1, 0.15) is 36.3 Å². The summed E-state index contributed by atoms with van der Waals surface area (Å²) in [5, 5.41) is 3.00. The molecule has 1 aromatic rings. The zero-order valence-electron chi connectivity index (χ0n) is 12.1. The van der Waals surface area contributed by atoms with E-state index in [9.17, 15) is 4.79 Å². The van der Waals surface area contributed by atoms with Gasteiger partial charge >= 0.3 is 0 Å². The first-order valence-corrected chi connectivity index (χ1v) is 8.18. The Morgan fingerprint density at radius 2 is 2.45 bits per heavy atom. The second kappa shape index (κ2) is 7.71. The van der Waals surface area contributed by atoms with E-state index < -0.39 is 0 Å². The van der Waals surface area contributed by atoms with Crippen LogP contribution >= 0.6 is 11.3 Å². The fourth-order valence-corrected chi connectivity index (χ4v) is 3.41. The minimum Gasteiger partial charge on any atom is -0.354 e. The van der Waals surface area contributed by atoms with Gasteiger partial charge < -0.3 is 11.1 Å². The Bertz CT molecular complexity index is 435. The molecule has 1 aliphatic heterocycles. The summed E-state index contributed by atoms with van der Waals surface area (Å²) in [7, 11) is 0. The highest BCUT2D eigenvalue weighted by Gasteiger charge is 2.23. The Labute approximate surface area is 124 Å². The standard InChI is InChI=1S/C14H24N4OS/c1-11-13(20-10-17-11)9-18-7-3-2-4-12(18)8-16-14(19)5-6-15/h10,12H,2-9,15H2,1H3,(H,16,19). The lowest BCUT2D eigenvalue weighted by atomic mass is 10.0. The maximum absolute atomic E-state index is 11.5. The predicted octanol–water partition coefficient (Wildman–Crippen LogP) is 1.27. The van der Waals surface area contributed by atoms with Crippen LogP contribution in [0.3, 0.4) is 0 Å². The lowest BCUT2D eigenvalue weighted by molar-refractivity contribution is -0.121. The molecule has 2 heterocycles. The van der Waals surface area contributed by atoms with Crippen molar-refractivity contribution in [3.63, 3.8) is 0 Å². The molecule has 1 atom stereocenters. The first-order valence-electron chi connectivity index (χ1n) is 7.30. The van der Waals surface area contributed by atoms with Crippen molar-refractivity contribution in [2.24, 2.45) is 5.73 Å². The number of aromatic nitrogens is 1. The van der Waals surface area contributed by atoms with Crippen molar-refractivity contribution in [3.8, 4) is 0 Å². The van der Waals surface area contributed by atoms with Crippen molar-refractivity contribution in [2.75, 3.05) is 19.6 Å². The number of nitrogens with two attached hydrogens (primary N) is 1. The van der Waals surface area contributed by atoms with E-state index in [-0.39, 0.29) is 5.91 Å². The van der Waals surface area contributed by atoms with Crippen molar-refractivity contribution in [3.05, 3.63) is 16.1 Å². The predicted molar refractivity (Wildman–Crippen MR) is 81.6 cm³/mol. The van der Waals surface area contributed by atoms with E-state index in [4.69, 9.17) is 5.73 Å². The number of likely N-dealkylation sites (tertiary alicyclic amines) is 1. The van der Waals surface area contributed by atoms with Gasteiger partial charge in [0.15, 0.2) is 0 Å². The average Bonchev–Trinajstić information content (AvgIpc) is 2.84. The lowest BCUT2D eigenvalue weighted by Crippen LogP contribution is -2.46. The molecule has 0 saturated carbocycles. The van der Waals surface area contributed by atoms with Gasteiger partial charge in [0.2, 0.25) is 5.91 Å². The van der Waals surface area contributed by atoms with E-state index in [1.165, 1.54) is 17.7 Å². The number of hydrogen-bond donors (Lipinski definition) is 2. The molecule has 112 valence electrons. The molecule has 0 spiro atoms. The van der Waals surface area contributed by atoms with Crippen molar-refractivity contribution in [1.82, 2.24) is 15.2 Å². The van der Waals surface area contributed by atoms with Crippen molar-refractivity contribution >= 4 is 17.2 Å². The van der Waals surface area contributed by atoms with Crippen LogP contribution in [-0.4, -0.2) is 41.5 Å². The summed E-state index contributed by atoms with van der Waals surface area (Å²) in [5.74, 6) is 0.0620. The van der Waals surface area contributed by atoms with Crippen LogP contribution in [0.5, 0.6) is 0 Å². The topological polar surface area (TPSA) is 71.2 Å². The molecule has 1 amide bonds. The van der Waals surface area contributed by atoms with Crippen molar-refractivity contribution in [2.45, 2.75) is 45.2 Å². The largest absolute Gasteiger partial charge is 0.354 e. The minimum absolute atomic E-state index is 0.0620. The van der Waals surface area contributed by atoms with E-state index in [1.807, 2.05) is 5.51 Å². The SMILES string of the molecule is Cc1ncsc1CN1CCCCC1CNC(=O)CCN. The summed E-state index contributed by atoms with van der Waals surface area (Å²) in [6.07, 6.45) is 4.06. The summed E-state index contributed by atoms with van der Waals surface area (Å²) in [4.78, 5) is 19.7. The Kier molecular flexibility index (Phi) is 5.94. The molecular formula is C14H24N4OS. The average molecular weight is 296 g/mol. The molecule has 0 aromatic carbocycles. The molecule has 1 unspecified atom stereocenters. The van der Waals surface area contributed by atoms with Crippen LogP contribution in [0.4, 0.5) is 0 Å². The number of nitrogens with one attached hydrogen (secondary N) is 1. The van der Waals surface area contributed by atoms with E-state index >= 15 is 0 Å². The van der Waals surface area contributed by atoms with Gasteiger partial charge in [0.25, 0.3) is 0 Å². The Balaban J connectivity index is 1.88. The first kappa shape index (κ1) is 15.4. The molecular weight excluding hydrogens is 272 g/mol. The highest BCUT2D eigenvalue weighted by molar-refractivity contribution is 7.09. The molecule has 20 heavy (non-hydrogen) atoms. The van der Waals surface area contributed by atoms with E-state index in [1.54, 1.807) is 11.3 Å². The van der Waals surface area contributed by atoms with Crippen LogP contribution < -0.4 is 11.1 Å². The second-order valence-corrected chi connectivity index (χ2v) is 6.26. The second-order valence-electron chi connectivity index (χ2n) is 5.32. The third-order valence-electron chi connectivity index (χ3n) is 3.85. The van der Waals surface area contributed by atoms with E-state index in [0.717, 1.165) is 31.7 Å². The van der Waals surface area contributed by atoms with Crippen LogP contribution in [0.15, 0.2) is 5.51 Å². The lowest BCUT2D eigenvalue weighted by Gasteiger charge is -2.35. The summed E-state index contributed by atoms with van der Waals surface area (Å²) in [5.41, 5.74) is 8.44. The molecule has 1 aliphatic rings. The van der Waals surface area contributed by atoms with E-state index in [2.05, 4.69) is 22.1 Å². The Morgan fingerprint density at radius 1 is 1.60 bits per heavy atom. The van der Waals surface area contributed by atoms with Crippen LogP contribution in [0, 0.1) is 6.92 Å². The van der Waals surface area contributed by atoms with Gasteiger partial charge in [-0.2, -0.15) is 0 Å². The molecule has 3 N–H and O–H groups in total. The monoisotopic (exact) mass is 296 g/mol. The highest BCUT2D eigenvalue weighted by atomic mass is 32.1. The summed E-state index contributed by atoms with van der Waals surface area (Å²) in [6, 6.07) is 0.437. The smallest absolute Gasteiger partial charge is 0.221 e. The molecule has 2 rings (SSSR count). The van der Waals surface area contributed by atoms with Gasteiger partial charge in [-0.3, -0.25) is 9.69 Å². The Hall–Kier alpha value is -0.980. The van der Waals surface area contributed by atoms with Crippen molar-refractivity contribution < 1.29 is 4.79 Å². The van der Waals surface area contributed by atoms with Crippen LogP contribution in [-0.2, 0) is 11.3 Å². The van der Waals surface area contributed by atoms with Crippen molar-refractivity contribution in [1.29, 1.82) is 0 Å². The van der Waals surface area contributed by atoms with Crippen LogP contribution in [0.2, 0.25) is 0 Å². The molecule has 0 aliphatic carbocycles. The number of hydrogen-bond acceptors (Lipinski definition) is 5. The van der Waals surface area contributed by atoms with Gasteiger partial charge in [0, 0.05) is 37.0 Å². The number of rotatable bonds is 6. The highest BCUT2D eigenvalue weighted by Crippen LogP contribution is 2.22. The molecule has 6 heteroatoms. The maximum atomic E-state index is 11.5. The van der Waals surface area contributed by atoms with Gasteiger partial charge in [0.1, 0.15) is 0 Å². The molecule has 1 fully saturated rings. The van der Waals surface area contributed by atoms with Gasteiger partial charge in [-0.15, -0.1) is 11.3 Å². The molecule has 0 bridgehead atoms. The number of thiazole rings is 1. The number of carbonyl (C=O) groups is 1. The number of nitrogens with zero attached hydrogens (tertiary/aromatic N) is 2. The molecule has 5 nitrogen and oxygen atoms in total. The minimum atomic E-state index is 0.0620. The van der Waals surface area contributed by atoms with Gasteiger partial charge in [0.05, 0.1) is 11.2 Å². The third-order valence-corrected chi connectivity index (χ3v) is 4.77. The quantitative estimate of drug-likeness (QED) is 0.829. The van der Waals surface area contributed by atoms with E-state index in [0.29, 0.717) is 19.0 Å². The van der Waals surface area contributed by atoms with Gasteiger partial charge in [-0.05, 0) is 26.3 Å². The Morgan fingerprint density at radius 3 is 3.15 bits per heavy atom. The molecule has 1 saturated heterocycles. The maximum Gasteiger partial charge on any atom is 0.221 e. The molecule has 1 aromatic heterocycles.